The van der Waals surface area contributed by atoms with E-state index >= 15 is 0 Å². The quantitative estimate of drug-likeness (QED) is 0.857. The Balaban J connectivity index is 1.81. The maximum absolute atomic E-state index is 6.13. The molecule has 1 atom stereocenters. The summed E-state index contributed by atoms with van der Waals surface area (Å²) in [5, 5.41) is 0. The molecule has 86 valence electrons. The number of benzene rings is 2. The highest BCUT2D eigenvalue weighted by atomic mass is 16.7. The first-order valence-corrected chi connectivity index (χ1v) is 5.57. The van der Waals surface area contributed by atoms with Gasteiger partial charge in [0.2, 0.25) is 0 Å². The van der Waals surface area contributed by atoms with Crippen LogP contribution >= 0.6 is 0 Å². The standard InChI is InChI=1S/C14H13NO2/c15-13(10-6-2-1-3-7-10)14-16-11-8-4-5-9-12(11)17-14/h1-9,13-14H,15H2. The van der Waals surface area contributed by atoms with Gasteiger partial charge in [-0.3, -0.25) is 0 Å². The van der Waals surface area contributed by atoms with Crippen molar-refractivity contribution in [3.8, 4) is 11.5 Å². The molecule has 0 bridgehead atoms. The van der Waals surface area contributed by atoms with Crippen LogP contribution in [0, 0.1) is 0 Å². The average Bonchev–Trinajstić information content (AvgIpc) is 2.82. The molecule has 0 radical (unpaired) electrons. The summed E-state index contributed by atoms with van der Waals surface area (Å²) in [4.78, 5) is 0. The second kappa shape index (κ2) is 4.11. The van der Waals surface area contributed by atoms with Crippen LogP contribution in [0.25, 0.3) is 0 Å². The summed E-state index contributed by atoms with van der Waals surface area (Å²) in [7, 11) is 0. The fraction of sp³-hybridized carbons (Fsp3) is 0.143. The molecule has 3 heteroatoms. The maximum Gasteiger partial charge on any atom is 0.260 e. The third-order valence-electron chi connectivity index (χ3n) is 2.81. The highest BCUT2D eigenvalue weighted by Crippen LogP contribution is 2.36. The molecule has 0 aliphatic carbocycles. The average molecular weight is 227 g/mol. The molecule has 1 unspecified atom stereocenters. The minimum absolute atomic E-state index is 0.288. The Morgan fingerprint density at radius 2 is 1.35 bits per heavy atom. The van der Waals surface area contributed by atoms with Gasteiger partial charge < -0.3 is 15.2 Å². The van der Waals surface area contributed by atoms with Crippen molar-refractivity contribution in [3.63, 3.8) is 0 Å². The van der Waals surface area contributed by atoms with Crippen molar-refractivity contribution in [3.05, 3.63) is 60.2 Å². The second-order valence-corrected chi connectivity index (χ2v) is 3.99. The van der Waals surface area contributed by atoms with Gasteiger partial charge in [-0.05, 0) is 17.7 Å². The van der Waals surface area contributed by atoms with Crippen LogP contribution in [0.3, 0.4) is 0 Å². The van der Waals surface area contributed by atoms with E-state index in [2.05, 4.69) is 0 Å². The topological polar surface area (TPSA) is 44.5 Å². The maximum atomic E-state index is 6.13. The van der Waals surface area contributed by atoms with E-state index in [0.29, 0.717) is 0 Å². The molecule has 0 saturated heterocycles. The van der Waals surface area contributed by atoms with Crippen LogP contribution < -0.4 is 15.2 Å². The van der Waals surface area contributed by atoms with Gasteiger partial charge >= 0.3 is 0 Å². The van der Waals surface area contributed by atoms with Gasteiger partial charge in [0.25, 0.3) is 6.29 Å². The summed E-state index contributed by atoms with van der Waals surface area (Å²) in [6.07, 6.45) is -0.449. The SMILES string of the molecule is NC(c1ccccc1)C1Oc2ccccc2O1. The lowest BCUT2D eigenvalue weighted by molar-refractivity contribution is 0.0255. The van der Waals surface area contributed by atoms with E-state index in [1.54, 1.807) is 0 Å². The van der Waals surface area contributed by atoms with Crippen LogP contribution in [0.4, 0.5) is 0 Å². The Morgan fingerprint density at radius 3 is 1.94 bits per heavy atom. The number of fused-ring (bicyclic) bond motifs is 1. The zero-order valence-electron chi connectivity index (χ0n) is 9.24. The van der Waals surface area contributed by atoms with E-state index < -0.39 is 6.29 Å². The fourth-order valence-corrected chi connectivity index (χ4v) is 1.90. The lowest BCUT2D eigenvalue weighted by Gasteiger charge is -2.18. The fourth-order valence-electron chi connectivity index (χ4n) is 1.90. The molecule has 0 aromatic heterocycles. The normalized spacial score (nSPS) is 15.8. The minimum Gasteiger partial charge on any atom is -0.449 e. The summed E-state index contributed by atoms with van der Waals surface area (Å²) in [5.74, 6) is 1.51. The van der Waals surface area contributed by atoms with E-state index in [4.69, 9.17) is 15.2 Å². The van der Waals surface area contributed by atoms with Crippen molar-refractivity contribution in [2.75, 3.05) is 0 Å². The molecule has 0 spiro atoms. The van der Waals surface area contributed by atoms with Crippen molar-refractivity contribution in [2.45, 2.75) is 12.3 Å². The van der Waals surface area contributed by atoms with Crippen molar-refractivity contribution in [1.82, 2.24) is 0 Å². The van der Waals surface area contributed by atoms with Gasteiger partial charge in [-0.25, -0.2) is 0 Å². The first-order chi connectivity index (χ1) is 8.34. The van der Waals surface area contributed by atoms with Gasteiger partial charge in [0.1, 0.15) is 6.04 Å². The van der Waals surface area contributed by atoms with Crippen molar-refractivity contribution in [1.29, 1.82) is 0 Å². The van der Waals surface area contributed by atoms with Gasteiger partial charge in [0.05, 0.1) is 0 Å². The summed E-state index contributed by atoms with van der Waals surface area (Å²) in [6.45, 7) is 0. The molecular weight excluding hydrogens is 214 g/mol. The van der Waals surface area contributed by atoms with Crippen LogP contribution in [0.5, 0.6) is 11.5 Å². The third kappa shape index (κ3) is 1.85. The number of hydrogen-bond donors (Lipinski definition) is 1. The Kier molecular flexibility index (Phi) is 2.46. The molecule has 0 amide bonds. The van der Waals surface area contributed by atoms with Crippen LogP contribution in [0.2, 0.25) is 0 Å². The zero-order valence-corrected chi connectivity index (χ0v) is 9.24. The lowest BCUT2D eigenvalue weighted by atomic mass is 10.1. The van der Waals surface area contributed by atoms with E-state index in [9.17, 15) is 0 Å². The third-order valence-corrected chi connectivity index (χ3v) is 2.81. The molecule has 1 aliphatic heterocycles. The van der Waals surface area contributed by atoms with Gasteiger partial charge in [0, 0.05) is 0 Å². The predicted molar refractivity (Wildman–Crippen MR) is 64.9 cm³/mol. The summed E-state index contributed by atoms with van der Waals surface area (Å²) >= 11 is 0. The molecule has 0 saturated carbocycles. The monoisotopic (exact) mass is 227 g/mol. The van der Waals surface area contributed by atoms with Gasteiger partial charge in [0.15, 0.2) is 11.5 Å². The van der Waals surface area contributed by atoms with Crippen molar-refractivity contribution < 1.29 is 9.47 Å². The van der Waals surface area contributed by atoms with E-state index in [1.807, 2.05) is 54.6 Å². The lowest BCUT2D eigenvalue weighted by Crippen LogP contribution is -2.32. The molecule has 17 heavy (non-hydrogen) atoms. The number of rotatable bonds is 2. The number of nitrogens with two attached hydrogens (primary N) is 1. The Bertz CT molecular complexity index is 488. The Labute approximate surface area is 99.8 Å². The summed E-state index contributed by atoms with van der Waals surface area (Å²) in [5.41, 5.74) is 7.13. The second-order valence-electron chi connectivity index (χ2n) is 3.99. The zero-order chi connectivity index (χ0) is 11.7. The molecular formula is C14H13NO2. The molecule has 1 heterocycles. The first kappa shape index (κ1) is 10.2. The predicted octanol–water partition coefficient (Wildman–Crippen LogP) is 2.48. The van der Waals surface area contributed by atoms with E-state index in [1.165, 1.54) is 0 Å². The van der Waals surface area contributed by atoms with E-state index in [0.717, 1.165) is 17.1 Å². The molecule has 2 N–H and O–H groups in total. The molecule has 2 aromatic carbocycles. The van der Waals surface area contributed by atoms with Gasteiger partial charge in [-0.15, -0.1) is 0 Å². The van der Waals surface area contributed by atoms with Crippen molar-refractivity contribution >= 4 is 0 Å². The number of ether oxygens (including phenoxy) is 2. The molecule has 1 aliphatic rings. The first-order valence-electron chi connectivity index (χ1n) is 5.57. The van der Waals surface area contributed by atoms with E-state index in [-0.39, 0.29) is 6.04 Å². The highest BCUT2D eigenvalue weighted by Gasteiger charge is 2.30. The van der Waals surface area contributed by atoms with Crippen molar-refractivity contribution in [2.24, 2.45) is 5.73 Å². The molecule has 3 rings (SSSR count). The Morgan fingerprint density at radius 1 is 0.824 bits per heavy atom. The Hall–Kier alpha value is -2.00. The smallest absolute Gasteiger partial charge is 0.260 e. The summed E-state index contributed by atoms with van der Waals surface area (Å²) in [6, 6.07) is 17.1. The summed E-state index contributed by atoms with van der Waals surface area (Å²) < 4.78 is 11.4. The van der Waals surface area contributed by atoms with Gasteiger partial charge in [-0.1, -0.05) is 42.5 Å². The number of hydrogen-bond acceptors (Lipinski definition) is 3. The minimum atomic E-state index is -0.449. The molecule has 0 fully saturated rings. The molecule has 3 nitrogen and oxygen atoms in total. The van der Waals surface area contributed by atoms with Crippen LogP contribution in [-0.4, -0.2) is 6.29 Å². The number of para-hydroxylation sites is 2. The van der Waals surface area contributed by atoms with Crippen LogP contribution in [0.15, 0.2) is 54.6 Å². The largest absolute Gasteiger partial charge is 0.449 e. The van der Waals surface area contributed by atoms with Gasteiger partial charge in [-0.2, -0.15) is 0 Å². The van der Waals surface area contributed by atoms with Crippen LogP contribution in [0.1, 0.15) is 11.6 Å². The molecule has 2 aromatic rings. The van der Waals surface area contributed by atoms with Crippen LogP contribution in [-0.2, 0) is 0 Å². The highest BCUT2D eigenvalue weighted by molar-refractivity contribution is 5.42.